The summed E-state index contributed by atoms with van der Waals surface area (Å²) in [6.45, 7) is 8.14. The minimum atomic E-state index is -0.156. The van der Waals surface area contributed by atoms with Crippen LogP contribution < -0.4 is 5.32 Å². The van der Waals surface area contributed by atoms with Crippen molar-refractivity contribution in [3.8, 4) is 0 Å². The van der Waals surface area contributed by atoms with Crippen molar-refractivity contribution in [1.29, 1.82) is 0 Å². The van der Waals surface area contributed by atoms with Crippen molar-refractivity contribution in [2.45, 2.75) is 19.8 Å². The molecule has 0 aromatic heterocycles. The second-order valence-corrected chi connectivity index (χ2v) is 4.68. The summed E-state index contributed by atoms with van der Waals surface area (Å²) < 4.78 is 4.57. The molecule has 5 nitrogen and oxygen atoms in total. The molecule has 0 heterocycles. The molecule has 0 radical (unpaired) electrons. The molecule has 0 fully saturated rings. The van der Waals surface area contributed by atoms with E-state index >= 15 is 0 Å². The second-order valence-electron chi connectivity index (χ2n) is 4.68. The first-order valence-electron chi connectivity index (χ1n) is 6.74. The number of nitrogens with one attached hydrogen (secondary N) is 1. The van der Waals surface area contributed by atoms with Gasteiger partial charge < -0.3 is 19.9 Å². The lowest BCUT2D eigenvalue weighted by Gasteiger charge is -2.21. The third kappa shape index (κ3) is 10.5. The maximum atomic E-state index is 10.9. The van der Waals surface area contributed by atoms with Gasteiger partial charge >= 0.3 is 5.97 Å². The van der Waals surface area contributed by atoms with Gasteiger partial charge in [-0.1, -0.05) is 6.92 Å². The molecule has 0 aliphatic rings. The average molecular weight is 259 g/mol. The fraction of sp³-hybridized carbons (Fsp3) is 0.923. The zero-order valence-electron chi connectivity index (χ0n) is 12.4. The molecule has 0 unspecified atom stereocenters. The van der Waals surface area contributed by atoms with Gasteiger partial charge in [-0.05, 0) is 27.1 Å². The molecule has 5 heteroatoms. The van der Waals surface area contributed by atoms with Crippen molar-refractivity contribution in [3.05, 3.63) is 0 Å². The van der Waals surface area contributed by atoms with Crippen LogP contribution in [0.2, 0.25) is 0 Å². The number of hydrogen-bond donors (Lipinski definition) is 1. The Morgan fingerprint density at radius 1 is 1.06 bits per heavy atom. The SMILES string of the molecule is CCCN(C)CCN(C)CCNCCC(=O)OC. The van der Waals surface area contributed by atoms with Gasteiger partial charge in [-0.3, -0.25) is 4.79 Å². The van der Waals surface area contributed by atoms with E-state index in [0.717, 1.165) is 32.7 Å². The van der Waals surface area contributed by atoms with Crippen LogP contribution in [0.25, 0.3) is 0 Å². The Bertz CT molecular complexity index is 212. The number of carbonyl (C=O) groups excluding carboxylic acids is 1. The summed E-state index contributed by atoms with van der Waals surface area (Å²) in [6.07, 6.45) is 1.65. The minimum Gasteiger partial charge on any atom is -0.469 e. The summed E-state index contributed by atoms with van der Waals surface area (Å²) in [7, 11) is 5.70. The highest BCUT2D eigenvalue weighted by atomic mass is 16.5. The standard InChI is InChI=1S/C13H29N3O2/c1-5-9-15(2)11-12-16(3)10-8-14-7-6-13(17)18-4/h14H,5-12H2,1-4H3. The highest BCUT2D eigenvalue weighted by Crippen LogP contribution is 1.88. The molecule has 0 amide bonds. The van der Waals surface area contributed by atoms with Gasteiger partial charge in [-0.15, -0.1) is 0 Å². The molecule has 0 aliphatic heterocycles. The Hall–Kier alpha value is -0.650. The van der Waals surface area contributed by atoms with Gasteiger partial charge in [0.25, 0.3) is 0 Å². The van der Waals surface area contributed by atoms with E-state index < -0.39 is 0 Å². The summed E-state index contributed by atoms with van der Waals surface area (Å²) >= 11 is 0. The molecule has 0 aromatic carbocycles. The van der Waals surface area contributed by atoms with Crippen molar-refractivity contribution in [2.24, 2.45) is 0 Å². The third-order valence-electron chi connectivity index (χ3n) is 2.87. The highest BCUT2D eigenvalue weighted by Gasteiger charge is 2.02. The molecular formula is C13H29N3O2. The first kappa shape index (κ1) is 17.4. The number of methoxy groups -OCH3 is 1. The van der Waals surface area contributed by atoms with Crippen LogP contribution in [-0.2, 0) is 9.53 Å². The van der Waals surface area contributed by atoms with Crippen LogP contribution in [0.3, 0.4) is 0 Å². The molecule has 0 bridgehead atoms. The lowest BCUT2D eigenvalue weighted by molar-refractivity contribution is -0.140. The predicted octanol–water partition coefficient (Wildman–Crippen LogP) is 0.413. The van der Waals surface area contributed by atoms with Crippen LogP contribution in [0.5, 0.6) is 0 Å². The van der Waals surface area contributed by atoms with E-state index in [4.69, 9.17) is 0 Å². The Kier molecular flexibility index (Phi) is 11.0. The Morgan fingerprint density at radius 3 is 2.22 bits per heavy atom. The Morgan fingerprint density at radius 2 is 1.67 bits per heavy atom. The van der Waals surface area contributed by atoms with Crippen LogP contribution in [-0.4, -0.2) is 76.2 Å². The molecule has 0 spiro atoms. The highest BCUT2D eigenvalue weighted by molar-refractivity contribution is 5.69. The van der Waals surface area contributed by atoms with Crippen LogP contribution in [0.1, 0.15) is 19.8 Å². The van der Waals surface area contributed by atoms with E-state index in [1.807, 2.05) is 0 Å². The second kappa shape index (κ2) is 11.4. The predicted molar refractivity (Wildman–Crippen MR) is 74.8 cm³/mol. The number of hydrogen-bond acceptors (Lipinski definition) is 5. The first-order chi connectivity index (χ1) is 8.60. The van der Waals surface area contributed by atoms with Crippen molar-refractivity contribution >= 4 is 5.97 Å². The van der Waals surface area contributed by atoms with Gasteiger partial charge in [0.1, 0.15) is 0 Å². The molecular weight excluding hydrogens is 230 g/mol. The van der Waals surface area contributed by atoms with Crippen molar-refractivity contribution < 1.29 is 9.53 Å². The normalized spacial score (nSPS) is 11.2. The van der Waals surface area contributed by atoms with E-state index in [1.165, 1.54) is 13.5 Å². The van der Waals surface area contributed by atoms with Crippen LogP contribution >= 0.6 is 0 Å². The van der Waals surface area contributed by atoms with Crippen molar-refractivity contribution in [2.75, 3.05) is 60.5 Å². The lowest BCUT2D eigenvalue weighted by atomic mass is 10.4. The van der Waals surface area contributed by atoms with E-state index in [0.29, 0.717) is 13.0 Å². The molecule has 0 aromatic rings. The van der Waals surface area contributed by atoms with Gasteiger partial charge in [-0.2, -0.15) is 0 Å². The monoisotopic (exact) mass is 259 g/mol. The van der Waals surface area contributed by atoms with Gasteiger partial charge in [0.05, 0.1) is 13.5 Å². The number of rotatable bonds is 11. The molecule has 0 atom stereocenters. The van der Waals surface area contributed by atoms with Gasteiger partial charge in [0, 0.05) is 32.7 Å². The first-order valence-corrected chi connectivity index (χ1v) is 6.74. The number of ether oxygens (including phenoxy) is 1. The summed E-state index contributed by atoms with van der Waals surface area (Å²) in [4.78, 5) is 15.5. The van der Waals surface area contributed by atoms with Gasteiger partial charge in [0.2, 0.25) is 0 Å². The Labute approximate surface area is 111 Å². The minimum absolute atomic E-state index is 0.156. The number of nitrogens with zero attached hydrogens (tertiary/aromatic N) is 2. The summed E-state index contributed by atoms with van der Waals surface area (Å²) in [5.74, 6) is -0.156. The maximum Gasteiger partial charge on any atom is 0.306 e. The number of esters is 1. The third-order valence-corrected chi connectivity index (χ3v) is 2.87. The van der Waals surface area contributed by atoms with Gasteiger partial charge in [-0.25, -0.2) is 0 Å². The van der Waals surface area contributed by atoms with Crippen molar-refractivity contribution in [3.63, 3.8) is 0 Å². The topological polar surface area (TPSA) is 44.8 Å². The molecule has 0 saturated carbocycles. The molecule has 0 aliphatic carbocycles. The van der Waals surface area contributed by atoms with E-state index in [1.54, 1.807) is 0 Å². The van der Waals surface area contributed by atoms with E-state index in [9.17, 15) is 4.79 Å². The number of likely N-dealkylation sites (N-methyl/N-ethyl adjacent to an activating group) is 2. The molecule has 0 rings (SSSR count). The van der Waals surface area contributed by atoms with Crippen LogP contribution in [0, 0.1) is 0 Å². The van der Waals surface area contributed by atoms with E-state index in [2.05, 4.69) is 40.9 Å². The Balaban J connectivity index is 3.36. The largest absolute Gasteiger partial charge is 0.469 e. The smallest absolute Gasteiger partial charge is 0.306 e. The van der Waals surface area contributed by atoms with Gasteiger partial charge in [0.15, 0.2) is 0 Å². The molecule has 108 valence electrons. The van der Waals surface area contributed by atoms with E-state index in [-0.39, 0.29) is 5.97 Å². The average Bonchev–Trinajstić information content (AvgIpc) is 2.36. The molecule has 1 N–H and O–H groups in total. The summed E-state index contributed by atoms with van der Waals surface area (Å²) in [5, 5.41) is 3.24. The fourth-order valence-corrected chi connectivity index (χ4v) is 1.63. The summed E-state index contributed by atoms with van der Waals surface area (Å²) in [5.41, 5.74) is 0. The van der Waals surface area contributed by atoms with Crippen LogP contribution in [0.15, 0.2) is 0 Å². The molecule has 18 heavy (non-hydrogen) atoms. The van der Waals surface area contributed by atoms with Crippen molar-refractivity contribution in [1.82, 2.24) is 15.1 Å². The number of carbonyl (C=O) groups is 1. The quantitative estimate of drug-likeness (QED) is 0.430. The fourth-order valence-electron chi connectivity index (χ4n) is 1.63. The maximum absolute atomic E-state index is 10.9. The zero-order chi connectivity index (χ0) is 13.8. The lowest BCUT2D eigenvalue weighted by Crippen LogP contribution is -2.35. The molecule has 0 saturated heterocycles. The summed E-state index contributed by atoms with van der Waals surface area (Å²) in [6, 6.07) is 0. The van der Waals surface area contributed by atoms with Crippen LogP contribution in [0.4, 0.5) is 0 Å². The zero-order valence-corrected chi connectivity index (χ0v) is 12.4.